The van der Waals surface area contributed by atoms with Gasteiger partial charge in [-0.05, 0) is 37.8 Å². The summed E-state index contributed by atoms with van der Waals surface area (Å²) in [5.74, 6) is 0.304. The van der Waals surface area contributed by atoms with E-state index in [-0.39, 0.29) is 11.7 Å². The minimum Gasteiger partial charge on any atom is -0.387 e. The lowest BCUT2D eigenvalue weighted by molar-refractivity contribution is -0.116. The predicted octanol–water partition coefficient (Wildman–Crippen LogP) is 2.68. The van der Waals surface area contributed by atoms with E-state index in [0.29, 0.717) is 12.5 Å². The smallest absolute Gasteiger partial charge is 0.0940 e. The van der Waals surface area contributed by atoms with Gasteiger partial charge in [-0.1, -0.05) is 0 Å². The van der Waals surface area contributed by atoms with Gasteiger partial charge in [-0.3, -0.25) is 0 Å². The second kappa shape index (κ2) is 4.93. The normalized spacial score (nSPS) is 34.0. The highest BCUT2D eigenvalue weighted by molar-refractivity contribution is 7.12. The highest BCUT2D eigenvalue weighted by Crippen LogP contribution is 2.42. The van der Waals surface area contributed by atoms with Crippen LogP contribution in [-0.2, 0) is 9.47 Å². The molecule has 0 aromatic carbocycles. The first-order chi connectivity index (χ1) is 8.69. The van der Waals surface area contributed by atoms with Crippen molar-refractivity contribution in [3.05, 3.63) is 21.9 Å². The van der Waals surface area contributed by atoms with Crippen LogP contribution in [0, 0.1) is 12.8 Å². The lowest BCUT2D eigenvalue weighted by Crippen LogP contribution is -2.41. The molecular formula is C14H20O3S. The molecule has 0 saturated carbocycles. The van der Waals surface area contributed by atoms with E-state index in [1.807, 2.05) is 0 Å². The monoisotopic (exact) mass is 268 g/mol. The van der Waals surface area contributed by atoms with Gasteiger partial charge in [0.25, 0.3) is 0 Å². The van der Waals surface area contributed by atoms with Gasteiger partial charge >= 0.3 is 0 Å². The van der Waals surface area contributed by atoms with Crippen LogP contribution in [-0.4, -0.2) is 30.5 Å². The molecule has 3 unspecified atom stereocenters. The van der Waals surface area contributed by atoms with E-state index in [1.165, 1.54) is 4.88 Å². The molecule has 0 aliphatic carbocycles. The van der Waals surface area contributed by atoms with E-state index >= 15 is 0 Å². The third-order valence-electron chi connectivity index (χ3n) is 4.10. The summed E-state index contributed by atoms with van der Waals surface area (Å²) >= 11 is 1.70. The van der Waals surface area contributed by atoms with Crippen molar-refractivity contribution in [3.63, 3.8) is 0 Å². The fourth-order valence-corrected chi connectivity index (χ4v) is 4.00. The van der Waals surface area contributed by atoms with Crippen molar-refractivity contribution in [1.82, 2.24) is 0 Å². The lowest BCUT2D eigenvalue weighted by Gasteiger charge is -2.38. The molecule has 2 fully saturated rings. The quantitative estimate of drug-likeness (QED) is 0.896. The molecule has 3 heterocycles. The van der Waals surface area contributed by atoms with E-state index < -0.39 is 0 Å². The Hall–Kier alpha value is -0.420. The molecule has 4 heteroatoms. The lowest BCUT2D eigenvalue weighted by atomic mass is 9.82. The van der Waals surface area contributed by atoms with Gasteiger partial charge in [-0.15, -0.1) is 11.3 Å². The first-order valence-corrected chi connectivity index (χ1v) is 7.46. The summed E-state index contributed by atoms with van der Waals surface area (Å²) in [6.07, 6.45) is 2.50. The number of aliphatic hydroxyl groups is 1. The largest absolute Gasteiger partial charge is 0.387 e. The number of hydrogen-bond acceptors (Lipinski definition) is 4. The second-order valence-electron chi connectivity index (χ2n) is 5.48. The second-order valence-corrected chi connectivity index (χ2v) is 6.80. The van der Waals surface area contributed by atoms with Gasteiger partial charge < -0.3 is 14.6 Å². The molecule has 0 radical (unpaired) electrons. The van der Waals surface area contributed by atoms with Crippen LogP contribution in [0.1, 0.15) is 35.1 Å². The van der Waals surface area contributed by atoms with Crippen LogP contribution in [0.2, 0.25) is 0 Å². The summed E-state index contributed by atoms with van der Waals surface area (Å²) in [7, 11) is 0. The zero-order chi connectivity index (χ0) is 12.6. The molecule has 3 atom stereocenters. The maximum atomic E-state index is 10.5. The van der Waals surface area contributed by atoms with Gasteiger partial charge in [-0.2, -0.15) is 0 Å². The molecule has 1 N–H and O–H groups in total. The summed E-state index contributed by atoms with van der Waals surface area (Å²) in [5, 5.41) is 10.5. The summed E-state index contributed by atoms with van der Waals surface area (Å²) in [5.41, 5.74) is -0.115. The summed E-state index contributed by atoms with van der Waals surface area (Å²) < 4.78 is 11.4. The molecular weight excluding hydrogens is 248 g/mol. The SMILES string of the molecule is Cc1ccc(C(O)C2CCOC3(CCOC3)C2)s1. The molecule has 1 spiro atoms. The van der Waals surface area contributed by atoms with E-state index in [2.05, 4.69) is 19.1 Å². The van der Waals surface area contributed by atoms with Gasteiger partial charge in [0.2, 0.25) is 0 Å². The Morgan fingerprint density at radius 3 is 3.00 bits per heavy atom. The van der Waals surface area contributed by atoms with Crippen LogP contribution < -0.4 is 0 Å². The molecule has 1 aromatic rings. The molecule has 2 aliphatic rings. The molecule has 2 saturated heterocycles. The molecule has 3 rings (SSSR count). The molecule has 1 aromatic heterocycles. The van der Waals surface area contributed by atoms with Crippen molar-refractivity contribution in [2.24, 2.45) is 5.92 Å². The van der Waals surface area contributed by atoms with Gasteiger partial charge in [0.05, 0.1) is 18.3 Å². The van der Waals surface area contributed by atoms with Crippen molar-refractivity contribution in [1.29, 1.82) is 0 Å². The molecule has 100 valence electrons. The van der Waals surface area contributed by atoms with E-state index in [9.17, 15) is 5.11 Å². The Morgan fingerprint density at radius 1 is 1.44 bits per heavy atom. The van der Waals surface area contributed by atoms with Crippen molar-refractivity contribution in [2.75, 3.05) is 19.8 Å². The molecule has 0 bridgehead atoms. The Labute approximate surface area is 112 Å². The summed E-state index contributed by atoms with van der Waals surface area (Å²) in [4.78, 5) is 2.35. The fraction of sp³-hybridized carbons (Fsp3) is 0.714. The zero-order valence-corrected chi connectivity index (χ0v) is 11.5. The zero-order valence-electron chi connectivity index (χ0n) is 10.7. The average Bonchev–Trinajstić information content (AvgIpc) is 2.98. The van der Waals surface area contributed by atoms with Crippen molar-refractivity contribution < 1.29 is 14.6 Å². The first kappa shape index (κ1) is 12.6. The van der Waals surface area contributed by atoms with Crippen LogP contribution in [0.4, 0.5) is 0 Å². The van der Waals surface area contributed by atoms with Crippen molar-refractivity contribution in [2.45, 2.75) is 37.9 Å². The molecule has 2 aliphatic heterocycles. The van der Waals surface area contributed by atoms with Crippen LogP contribution in [0.15, 0.2) is 12.1 Å². The van der Waals surface area contributed by atoms with Gasteiger partial charge in [0, 0.05) is 29.4 Å². The number of rotatable bonds is 2. The highest BCUT2D eigenvalue weighted by atomic mass is 32.1. The Bertz CT molecular complexity index is 409. The average molecular weight is 268 g/mol. The fourth-order valence-electron chi connectivity index (χ4n) is 3.04. The number of aliphatic hydroxyl groups excluding tert-OH is 1. The predicted molar refractivity (Wildman–Crippen MR) is 70.9 cm³/mol. The van der Waals surface area contributed by atoms with Crippen LogP contribution in [0.25, 0.3) is 0 Å². The first-order valence-electron chi connectivity index (χ1n) is 6.65. The highest BCUT2D eigenvalue weighted by Gasteiger charge is 2.43. The van der Waals surface area contributed by atoms with E-state index in [0.717, 1.165) is 37.4 Å². The van der Waals surface area contributed by atoms with E-state index in [4.69, 9.17) is 9.47 Å². The number of hydrogen-bond donors (Lipinski definition) is 1. The number of aryl methyl sites for hydroxylation is 1. The third-order valence-corrected chi connectivity index (χ3v) is 5.17. The molecule has 3 nitrogen and oxygen atoms in total. The Balaban J connectivity index is 1.72. The van der Waals surface area contributed by atoms with Crippen LogP contribution in [0.5, 0.6) is 0 Å². The van der Waals surface area contributed by atoms with Gasteiger partial charge in [0.1, 0.15) is 0 Å². The number of thiophene rings is 1. The van der Waals surface area contributed by atoms with E-state index in [1.54, 1.807) is 11.3 Å². The topological polar surface area (TPSA) is 38.7 Å². The van der Waals surface area contributed by atoms with Gasteiger partial charge in [0.15, 0.2) is 0 Å². The third kappa shape index (κ3) is 2.35. The molecule has 0 amide bonds. The van der Waals surface area contributed by atoms with Gasteiger partial charge in [-0.25, -0.2) is 0 Å². The molecule has 18 heavy (non-hydrogen) atoms. The minimum atomic E-state index is -0.343. The Kier molecular flexibility index (Phi) is 3.45. The minimum absolute atomic E-state index is 0.115. The number of ether oxygens (including phenoxy) is 2. The summed E-state index contributed by atoms with van der Waals surface area (Å²) in [6.45, 7) is 4.31. The maximum Gasteiger partial charge on any atom is 0.0940 e. The van der Waals surface area contributed by atoms with Crippen molar-refractivity contribution in [3.8, 4) is 0 Å². The maximum absolute atomic E-state index is 10.5. The standard InChI is InChI=1S/C14H20O3S/c1-10-2-3-12(18-10)13(15)11-4-6-17-14(8-11)5-7-16-9-14/h2-3,11,13,15H,4-9H2,1H3. The van der Waals surface area contributed by atoms with Crippen LogP contribution >= 0.6 is 11.3 Å². The Morgan fingerprint density at radius 2 is 2.33 bits per heavy atom. The van der Waals surface area contributed by atoms with Crippen molar-refractivity contribution >= 4 is 11.3 Å². The van der Waals surface area contributed by atoms with Crippen LogP contribution in [0.3, 0.4) is 0 Å². The summed E-state index contributed by atoms with van der Waals surface area (Å²) in [6, 6.07) is 4.13.